The molecule has 1 saturated carbocycles. The van der Waals surface area contributed by atoms with Gasteiger partial charge in [0.15, 0.2) is 0 Å². The maximum Gasteiger partial charge on any atom is 0.108 e. The summed E-state index contributed by atoms with van der Waals surface area (Å²) in [6.07, 6.45) is 5.55. The molecule has 29 heavy (non-hydrogen) atoms. The summed E-state index contributed by atoms with van der Waals surface area (Å²) >= 11 is 12.1. The van der Waals surface area contributed by atoms with Gasteiger partial charge in [0, 0.05) is 22.6 Å². The van der Waals surface area contributed by atoms with Crippen LogP contribution >= 0.6 is 35.6 Å². The lowest BCUT2D eigenvalue weighted by Crippen LogP contribution is -2.40. The summed E-state index contributed by atoms with van der Waals surface area (Å²) in [5.41, 5.74) is 2.00. The van der Waals surface area contributed by atoms with E-state index in [1.807, 2.05) is 48.5 Å². The number of halogens is 3. The van der Waals surface area contributed by atoms with Gasteiger partial charge in [-0.15, -0.1) is 12.4 Å². The minimum Gasteiger partial charge on any atom is -0.389 e. The largest absolute Gasteiger partial charge is 0.389 e. The Labute approximate surface area is 190 Å². The highest BCUT2D eigenvalue weighted by molar-refractivity contribution is 6.30. The SMILES string of the molecule is CN(CC(O)COC(c1ccc(Cl)cc1)c1ccc(Cl)cc1)C1CCCCC1.Cl. The number of aliphatic hydroxyl groups is 1. The fourth-order valence-corrected chi connectivity index (χ4v) is 4.18. The quantitative estimate of drug-likeness (QED) is 0.515. The van der Waals surface area contributed by atoms with E-state index >= 15 is 0 Å². The summed E-state index contributed by atoms with van der Waals surface area (Å²) in [6.45, 7) is 0.894. The predicted molar refractivity (Wildman–Crippen MR) is 123 cm³/mol. The molecule has 1 fully saturated rings. The third kappa shape index (κ3) is 7.43. The molecule has 0 aromatic heterocycles. The van der Waals surface area contributed by atoms with E-state index in [-0.39, 0.29) is 25.1 Å². The molecule has 0 bridgehead atoms. The molecule has 1 aliphatic carbocycles. The average molecular weight is 459 g/mol. The fourth-order valence-electron chi connectivity index (χ4n) is 3.92. The first-order chi connectivity index (χ1) is 13.5. The van der Waals surface area contributed by atoms with E-state index in [4.69, 9.17) is 27.9 Å². The Kier molecular flexibility index (Phi) is 10.2. The lowest BCUT2D eigenvalue weighted by molar-refractivity contribution is -0.0121. The van der Waals surface area contributed by atoms with Gasteiger partial charge in [0.25, 0.3) is 0 Å². The molecule has 0 saturated heterocycles. The molecule has 3 nitrogen and oxygen atoms in total. The van der Waals surface area contributed by atoms with Gasteiger partial charge in [-0.05, 0) is 55.3 Å². The summed E-state index contributed by atoms with van der Waals surface area (Å²) in [5.74, 6) is 0. The topological polar surface area (TPSA) is 32.7 Å². The second-order valence-electron chi connectivity index (χ2n) is 7.70. The zero-order chi connectivity index (χ0) is 19.9. The van der Waals surface area contributed by atoms with Crippen molar-refractivity contribution in [1.82, 2.24) is 4.90 Å². The third-order valence-electron chi connectivity index (χ3n) is 5.50. The molecule has 0 amide bonds. The predicted octanol–water partition coefficient (Wildman–Crippen LogP) is 6.15. The fraction of sp³-hybridized carbons (Fsp3) is 0.478. The summed E-state index contributed by atoms with van der Waals surface area (Å²) < 4.78 is 6.18. The Bertz CT molecular complexity index is 672. The average Bonchev–Trinajstić information content (AvgIpc) is 2.71. The lowest BCUT2D eigenvalue weighted by Gasteiger charge is -2.32. The minimum atomic E-state index is -0.533. The first-order valence-corrected chi connectivity index (χ1v) is 10.8. The van der Waals surface area contributed by atoms with Crippen molar-refractivity contribution in [3.63, 3.8) is 0 Å². The zero-order valence-corrected chi connectivity index (χ0v) is 19.1. The van der Waals surface area contributed by atoms with Gasteiger partial charge >= 0.3 is 0 Å². The van der Waals surface area contributed by atoms with Crippen molar-refractivity contribution in [3.05, 3.63) is 69.7 Å². The smallest absolute Gasteiger partial charge is 0.108 e. The van der Waals surface area contributed by atoms with Crippen LogP contribution in [0.15, 0.2) is 48.5 Å². The monoisotopic (exact) mass is 457 g/mol. The number of hydrogen-bond donors (Lipinski definition) is 1. The van der Waals surface area contributed by atoms with Crippen LogP contribution in [0.4, 0.5) is 0 Å². The van der Waals surface area contributed by atoms with E-state index in [1.54, 1.807) is 0 Å². The molecule has 1 N–H and O–H groups in total. The Morgan fingerprint density at radius 1 is 0.931 bits per heavy atom. The maximum atomic E-state index is 10.6. The molecule has 1 unspecified atom stereocenters. The molecule has 3 rings (SSSR count). The van der Waals surface area contributed by atoms with E-state index < -0.39 is 6.10 Å². The van der Waals surface area contributed by atoms with Gasteiger partial charge < -0.3 is 14.7 Å². The number of ether oxygens (including phenoxy) is 1. The highest BCUT2D eigenvalue weighted by Gasteiger charge is 2.22. The van der Waals surface area contributed by atoms with Crippen LogP contribution in [0.1, 0.15) is 49.3 Å². The van der Waals surface area contributed by atoms with Crippen molar-refractivity contribution >= 4 is 35.6 Å². The van der Waals surface area contributed by atoms with E-state index in [0.29, 0.717) is 22.6 Å². The Balaban J connectivity index is 0.00000300. The molecule has 0 heterocycles. The van der Waals surface area contributed by atoms with Crippen molar-refractivity contribution in [2.75, 3.05) is 20.2 Å². The Hall–Kier alpha value is -0.810. The molecule has 0 aliphatic heterocycles. The molecule has 6 heteroatoms. The van der Waals surface area contributed by atoms with Crippen LogP contribution in [0.5, 0.6) is 0 Å². The van der Waals surface area contributed by atoms with E-state index in [9.17, 15) is 5.11 Å². The number of nitrogens with zero attached hydrogens (tertiary/aromatic N) is 1. The third-order valence-corrected chi connectivity index (χ3v) is 6.00. The summed E-state index contributed by atoms with van der Waals surface area (Å²) in [5, 5.41) is 11.9. The first kappa shape index (κ1) is 24.5. The van der Waals surface area contributed by atoms with E-state index in [2.05, 4.69) is 11.9 Å². The van der Waals surface area contributed by atoms with E-state index in [1.165, 1.54) is 32.1 Å². The summed E-state index contributed by atoms with van der Waals surface area (Å²) in [7, 11) is 2.11. The zero-order valence-electron chi connectivity index (χ0n) is 16.8. The molecule has 2 aromatic carbocycles. The minimum absolute atomic E-state index is 0. The number of aliphatic hydroxyl groups excluding tert-OH is 1. The van der Waals surface area contributed by atoms with Crippen LogP contribution in [0.2, 0.25) is 10.0 Å². The lowest BCUT2D eigenvalue weighted by atomic mass is 9.94. The van der Waals surface area contributed by atoms with Crippen molar-refractivity contribution in [3.8, 4) is 0 Å². The number of hydrogen-bond acceptors (Lipinski definition) is 3. The second kappa shape index (κ2) is 12.1. The second-order valence-corrected chi connectivity index (χ2v) is 8.57. The molecule has 160 valence electrons. The summed E-state index contributed by atoms with van der Waals surface area (Å²) in [6, 6.07) is 15.8. The van der Waals surface area contributed by atoms with Gasteiger partial charge in [0.2, 0.25) is 0 Å². The van der Waals surface area contributed by atoms with Crippen molar-refractivity contribution in [2.45, 2.75) is 50.4 Å². The molecule has 1 aliphatic rings. The maximum absolute atomic E-state index is 10.6. The van der Waals surface area contributed by atoms with Crippen molar-refractivity contribution < 1.29 is 9.84 Å². The van der Waals surface area contributed by atoms with Crippen LogP contribution in [-0.2, 0) is 4.74 Å². The Morgan fingerprint density at radius 2 is 1.41 bits per heavy atom. The van der Waals surface area contributed by atoms with Crippen molar-refractivity contribution in [1.29, 1.82) is 0 Å². The molecule has 2 aromatic rings. The van der Waals surface area contributed by atoms with Crippen LogP contribution in [-0.4, -0.2) is 42.4 Å². The highest BCUT2D eigenvalue weighted by Crippen LogP contribution is 2.28. The molecular weight excluding hydrogens is 429 g/mol. The van der Waals surface area contributed by atoms with Gasteiger partial charge in [-0.25, -0.2) is 0 Å². The van der Waals surface area contributed by atoms with Crippen LogP contribution < -0.4 is 0 Å². The number of benzene rings is 2. The van der Waals surface area contributed by atoms with Gasteiger partial charge in [-0.2, -0.15) is 0 Å². The van der Waals surface area contributed by atoms with Crippen LogP contribution in [0, 0.1) is 0 Å². The normalized spacial score (nSPS) is 16.1. The molecular formula is C23H30Cl3NO2. The molecule has 0 radical (unpaired) electrons. The van der Waals surface area contributed by atoms with Gasteiger partial charge in [-0.1, -0.05) is 66.7 Å². The molecule has 1 atom stereocenters. The standard InChI is InChI=1S/C23H29Cl2NO2.ClH/c1-26(21-5-3-2-4-6-21)15-22(27)16-28-23(17-7-11-19(24)12-8-17)18-9-13-20(25)14-10-18;/h7-14,21-23,27H,2-6,15-16H2,1H3;1H. The van der Waals surface area contributed by atoms with Crippen LogP contribution in [0.25, 0.3) is 0 Å². The summed E-state index contributed by atoms with van der Waals surface area (Å²) in [4.78, 5) is 2.28. The number of rotatable bonds is 8. The number of likely N-dealkylation sites (N-methyl/N-ethyl adjacent to an activating group) is 1. The van der Waals surface area contributed by atoms with Crippen LogP contribution in [0.3, 0.4) is 0 Å². The Morgan fingerprint density at radius 3 is 1.90 bits per heavy atom. The van der Waals surface area contributed by atoms with Gasteiger partial charge in [0.05, 0.1) is 12.7 Å². The van der Waals surface area contributed by atoms with Crippen molar-refractivity contribution in [2.24, 2.45) is 0 Å². The van der Waals surface area contributed by atoms with E-state index in [0.717, 1.165) is 11.1 Å². The first-order valence-electron chi connectivity index (χ1n) is 10.0. The van der Waals surface area contributed by atoms with Gasteiger partial charge in [-0.3, -0.25) is 0 Å². The highest BCUT2D eigenvalue weighted by atomic mass is 35.5. The van der Waals surface area contributed by atoms with Gasteiger partial charge in [0.1, 0.15) is 6.10 Å². The molecule has 0 spiro atoms.